The highest BCUT2D eigenvalue weighted by Crippen LogP contribution is 2.18. The fourth-order valence-electron chi connectivity index (χ4n) is 2.45. The maximum absolute atomic E-state index is 13.1. The Morgan fingerprint density at radius 3 is 2.65 bits per heavy atom. The van der Waals surface area contributed by atoms with E-state index in [-0.39, 0.29) is 24.2 Å². The van der Waals surface area contributed by atoms with Gasteiger partial charge in [0.1, 0.15) is 17.4 Å². The first-order valence-corrected chi connectivity index (χ1v) is 6.89. The minimum Gasteiger partial charge on any atom is -0.379 e. The van der Waals surface area contributed by atoms with Gasteiger partial charge in [0.2, 0.25) is 0 Å². The van der Waals surface area contributed by atoms with Gasteiger partial charge in [-0.1, -0.05) is 6.92 Å². The number of hydrogen-bond donors (Lipinski definition) is 1. The molecule has 1 N–H and O–H groups in total. The summed E-state index contributed by atoms with van der Waals surface area (Å²) in [4.78, 5) is 12.2. The summed E-state index contributed by atoms with van der Waals surface area (Å²) >= 11 is 0. The molecule has 0 spiro atoms. The number of halogens is 2. The van der Waals surface area contributed by atoms with Crippen molar-refractivity contribution >= 4 is 5.78 Å². The number of ketones is 1. The molecule has 1 aromatic rings. The zero-order valence-electron chi connectivity index (χ0n) is 11.5. The van der Waals surface area contributed by atoms with Gasteiger partial charge in [0.25, 0.3) is 0 Å². The van der Waals surface area contributed by atoms with Gasteiger partial charge in [-0.25, -0.2) is 8.78 Å². The van der Waals surface area contributed by atoms with Crippen molar-refractivity contribution in [2.24, 2.45) is 5.92 Å². The fraction of sp³-hybridized carbons (Fsp3) is 0.533. The largest absolute Gasteiger partial charge is 0.379 e. The van der Waals surface area contributed by atoms with Gasteiger partial charge in [0, 0.05) is 18.5 Å². The Balaban J connectivity index is 1.99. The van der Waals surface area contributed by atoms with Crippen molar-refractivity contribution < 1.29 is 18.3 Å². The number of ether oxygens (including phenoxy) is 1. The van der Waals surface area contributed by atoms with E-state index in [4.69, 9.17) is 4.74 Å². The summed E-state index contributed by atoms with van der Waals surface area (Å²) in [7, 11) is 0. The van der Waals surface area contributed by atoms with E-state index in [1.807, 2.05) is 0 Å². The summed E-state index contributed by atoms with van der Waals surface area (Å²) in [6.07, 6.45) is 1.01. The first kappa shape index (κ1) is 15.1. The number of Topliss-reactive ketones (excluding diaryl/α,β-unsaturated/α-hetero) is 1. The summed E-state index contributed by atoms with van der Waals surface area (Å²) in [5.41, 5.74) is 0.369. The molecule has 1 saturated heterocycles. The third-order valence-electron chi connectivity index (χ3n) is 3.45. The van der Waals surface area contributed by atoms with Gasteiger partial charge in [-0.15, -0.1) is 0 Å². The van der Waals surface area contributed by atoms with Crippen molar-refractivity contribution in [3.05, 3.63) is 35.4 Å². The Morgan fingerprint density at radius 1 is 1.30 bits per heavy atom. The van der Waals surface area contributed by atoms with E-state index in [2.05, 4.69) is 12.2 Å². The maximum atomic E-state index is 13.1. The van der Waals surface area contributed by atoms with Gasteiger partial charge in [-0.3, -0.25) is 4.79 Å². The van der Waals surface area contributed by atoms with Crippen LogP contribution in [0.1, 0.15) is 18.9 Å². The molecule has 2 unspecified atom stereocenters. The zero-order chi connectivity index (χ0) is 14.5. The van der Waals surface area contributed by atoms with E-state index in [0.717, 1.165) is 19.0 Å². The van der Waals surface area contributed by atoms with Crippen LogP contribution >= 0.6 is 0 Å². The van der Waals surface area contributed by atoms with Crippen LogP contribution in [-0.2, 0) is 16.0 Å². The summed E-state index contributed by atoms with van der Waals surface area (Å²) in [6.45, 7) is 3.76. The van der Waals surface area contributed by atoms with Crippen molar-refractivity contribution in [1.29, 1.82) is 0 Å². The van der Waals surface area contributed by atoms with Gasteiger partial charge in [0.05, 0.1) is 19.1 Å². The second-order valence-electron chi connectivity index (χ2n) is 5.13. The number of carbonyl (C=O) groups is 1. The second-order valence-corrected chi connectivity index (χ2v) is 5.13. The van der Waals surface area contributed by atoms with Crippen molar-refractivity contribution in [3.8, 4) is 0 Å². The van der Waals surface area contributed by atoms with Crippen LogP contribution in [0, 0.1) is 17.6 Å². The van der Waals surface area contributed by atoms with E-state index >= 15 is 0 Å². The van der Waals surface area contributed by atoms with E-state index < -0.39 is 11.6 Å². The van der Waals surface area contributed by atoms with Crippen molar-refractivity contribution in [3.63, 3.8) is 0 Å². The predicted octanol–water partition coefficient (Wildman–Crippen LogP) is 2.09. The van der Waals surface area contributed by atoms with E-state index in [9.17, 15) is 13.6 Å². The smallest absolute Gasteiger partial charge is 0.144 e. The van der Waals surface area contributed by atoms with Crippen LogP contribution in [0.2, 0.25) is 0 Å². The Hall–Kier alpha value is -1.33. The molecule has 2 rings (SSSR count). The lowest BCUT2D eigenvalue weighted by molar-refractivity contribution is -0.122. The molecule has 5 heteroatoms. The van der Waals surface area contributed by atoms with Crippen LogP contribution in [-0.4, -0.2) is 31.6 Å². The zero-order valence-corrected chi connectivity index (χ0v) is 11.5. The number of nitrogens with one attached hydrogen (secondary N) is 1. The third kappa shape index (κ3) is 3.84. The Kier molecular flexibility index (Phi) is 5.20. The second kappa shape index (κ2) is 6.90. The van der Waals surface area contributed by atoms with Gasteiger partial charge in [-0.2, -0.15) is 0 Å². The highest BCUT2D eigenvalue weighted by Gasteiger charge is 2.33. The molecule has 1 aliphatic heterocycles. The number of rotatable bonds is 6. The van der Waals surface area contributed by atoms with Crippen LogP contribution < -0.4 is 5.32 Å². The molecule has 0 radical (unpaired) electrons. The Bertz CT molecular complexity index is 459. The number of carbonyl (C=O) groups excluding carboxylic acids is 1. The SMILES string of the molecule is CCCNC1COCC1C(=O)Cc1cc(F)cc(F)c1. The van der Waals surface area contributed by atoms with Gasteiger partial charge in [-0.05, 0) is 30.7 Å². The molecule has 0 bridgehead atoms. The van der Waals surface area contributed by atoms with Crippen molar-refractivity contribution in [2.75, 3.05) is 19.8 Å². The molecule has 1 heterocycles. The average molecular weight is 283 g/mol. The van der Waals surface area contributed by atoms with Crippen LogP contribution in [0.5, 0.6) is 0 Å². The summed E-state index contributed by atoms with van der Waals surface area (Å²) in [5.74, 6) is -1.60. The molecule has 3 nitrogen and oxygen atoms in total. The number of benzene rings is 1. The van der Waals surface area contributed by atoms with Crippen LogP contribution in [0.4, 0.5) is 8.78 Å². The molecule has 110 valence electrons. The van der Waals surface area contributed by atoms with Crippen LogP contribution in [0.25, 0.3) is 0 Å². The minimum atomic E-state index is -0.656. The van der Waals surface area contributed by atoms with Crippen molar-refractivity contribution in [2.45, 2.75) is 25.8 Å². The van der Waals surface area contributed by atoms with Gasteiger partial charge in [0.15, 0.2) is 0 Å². The minimum absolute atomic E-state index is 0.000793. The standard InChI is InChI=1S/C15H19F2NO2/c1-2-3-18-14-9-20-8-13(14)15(19)6-10-4-11(16)7-12(17)5-10/h4-5,7,13-14,18H,2-3,6,8-9H2,1H3. The highest BCUT2D eigenvalue weighted by atomic mass is 19.1. The molecule has 0 aliphatic carbocycles. The topological polar surface area (TPSA) is 38.3 Å². The third-order valence-corrected chi connectivity index (χ3v) is 3.45. The van der Waals surface area contributed by atoms with Crippen molar-refractivity contribution in [1.82, 2.24) is 5.32 Å². The lowest BCUT2D eigenvalue weighted by Crippen LogP contribution is -2.40. The Morgan fingerprint density at radius 2 is 2.00 bits per heavy atom. The lowest BCUT2D eigenvalue weighted by Gasteiger charge is -2.17. The molecule has 1 fully saturated rings. The molecule has 0 amide bonds. The lowest BCUT2D eigenvalue weighted by atomic mass is 9.93. The van der Waals surface area contributed by atoms with E-state index in [1.54, 1.807) is 0 Å². The Labute approximate surface area is 117 Å². The van der Waals surface area contributed by atoms with Crippen LogP contribution in [0.3, 0.4) is 0 Å². The molecule has 2 atom stereocenters. The highest BCUT2D eigenvalue weighted by molar-refractivity contribution is 5.84. The van der Waals surface area contributed by atoms with E-state index in [0.29, 0.717) is 18.8 Å². The first-order chi connectivity index (χ1) is 9.60. The van der Waals surface area contributed by atoms with E-state index in [1.165, 1.54) is 12.1 Å². The molecule has 1 aliphatic rings. The predicted molar refractivity (Wildman–Crippen MR) is 71.5 cm³/mol. The molecule has 0 aromatic heterocycles. The summed E-state index contributed by atoms with van der Waals surface area (Å²) in [5, 5.41) is 3.28. The molecule has 1 aromatic carbocycles. The van der Waals surface area contributed by atoms with Crippen LogP contribution in [0.15, 0.2) is 18.2 Å². The summed E-state index contributed by atoms with van der Waals surface area (Å²) < 4.78 is 31.6. The maximum Gasteiger partial charge on any atom is 0.144 e. The molecular formula is C15H19F2NO2. The monoisotopic (exact) mass is 283 g/mol. The first-order valence-electron chi connectivity index (χ1n) is 6.89. The van der Waals surface area contributed by atoms with Gasteiger partial charge < -0.3 is 10.1 Å². The van der Waals surface area contributed by atoms with Gasteiger partial charge >= 0.3 is 0 Å². The number of hydrogen-bond acceptors (Lipinski definition) is 3. The fourth-order valence-corrected chi connectivity index (χ4v) is 2.45. The molecule has 0 saturated carbocycles. The normalized spacial score (nSPS) is 22.1. The molecular weight excluding hydrogens is 264 g/mol. The molecule has 20 heavy (non-hydrogen) atoms. The quantitative estimate of drug-likeness (QED) is 0.869. The summed E-state index contributed by atoms with van der Waals surface area (Å²) in [6, 6.07) is 3.20. The average Bonchev–Trinajstić information content (AvgIpc) is 2.83.